The summed E-state index contributed by atoms with van der Waals surface area (Å²) in [5.41, 5.74) is 3.45. The SMILES string of the molecule is CC(C)Sc1nccc(-c2c(-c3ccc(F)cc3)ncn2C2CCC(CO)CC2)n1. The molecule has 0 atom stereocenters. The maximum absolute atomic E-state index is 13.5. The van der Waals surface area contributed by atoms with Crippen molar-refractivity contribution in [2.75, 3.05) is 6.61 Å². The van der Waals surface area contributed by atoms with Gasteiger partial charge in [0.2, 0.25) is 0 Å². The largest absolute Gasteiger partial charge is 0.396 e. The lowest BCUT2D eigenvalue weighted by Gasteiger charge is -2.29. The van der Waals surface area contributed by atoms with E-state index in [1.54, 1.807) is 30.1 Å². The highest BCUT2D eigenvalue weighted by Gasteiger charge is 2.26. The van der Waals surface area contributed by atoms with Crippen LogP contribution >= 0.6 is 11.8 Å². The van der Waals surface area contributed by atoms with Gasteiger partial charge in [-0.15, -0.1) is 0 Å². The Morgan fingerprint density at radius 3 is 2.50 bits per heavy atom. The van der Waals surface area contributed by atoms with Crippen LogP contribution in [-0.2, 0) is 0 Å². The van der Waals surface area contributed by atoms with Gasteiger partial charge in [0.25, 0.3) is 0 Å². The summed E-state index contributed by atoms with van der Waals surface area (Å²) in [4.78, 5) is 14.0. The lowest BCUT2D eigenvalue weighted by Crippen LogP contribution is -2.20. The molecule has 0 amide bonds. The van der Waals surface area contributed by atoms with Gasteiger partial charge in [-0.25, -0.2) is 19.3 Å². The van der Waals surface area contributed by atoms with Crippen LogP contribution in [0, 0.1) is 11.7 Å². The second-order valence-corrected chi connectivity index (χ2v) is 9.65. The van der Waals surface area contributed by atoms with E-state index in [1.807, 2.05) is 12.4 Å². The van der Waals surface area contributed by atoms with Crippen molar-refractivity contribution >= 4 is 11.8 Å². The van der Waals surface area contributed by atoms with E-state index in [0.717, 1.165) is 53.5 Å². The van der Waals surface area contributed by atoms with E-state index in [4.69, 9.17) is 9.97 Å². The first-order valence-corrected chi connectivity index (χ1v) is 11.4. The third-order valence-corrected chi connectivity index (χ3v) is 6.48. The van der Waals surface area contributed by atoms with Crippen molar-refractivity contribution in [1.29, 1.82) is 0 Å². The summed E-state index contributed by atoms with van der Waals surface area (Å²) in [5, 5.41) is 10.6. The molecular weight excluding hydrogens is 399 g/mol. The molecule has 2 heterocycles. The molecule has 0 spiro atoms. The van der Waals surface area contributed by atoms with Crippen LogP contribution in [0.25, 0.3) is 22.6 Å². The third-order valence-electron chi connectivity index (χ3n) is 5.60. The smallest absolute Gasteiger partial charge is 0.188 e. The Balaban J connectivity index is 1.77. The molecule has 1 aromatic carbocycles. The molecule has 1 aliphatic rings. The van der Waals surface area contributed by atoms with Gasteiger partial charge >= 0.3 is 0 Å². The highest BCUT2D eigenvalue weighted by molar-refractivity contribution is 7.99. The average molecular weight is 427 g/mol. The molecule has 1 fully saturated rings. The van der Waals surface area contributed by atoms with Gasteiger partial charge in [-0.2, -0.15) is 0 Å². The second-order valence-electron chi connectivity index (χ2n) is 8.10. The molecular formula is C23H27FN4OS. The van der Waals surface area contributed by atoms with Crippen molar-refractivity contribution in [3.8, 4) is 22.6 Å². The quantitative estimate of drug-likeness (QED) is 0.424. The minimum Gasteiger partial charge on any atom is -0.396 e. The number of rotatable bonds is 6. The Morgan fingerprint density at radius 2 is 1.83 bits per heavy atom. The number of imidazole rings is 1. The fourth-order valence-corrected chi connectivity index (χ4v) is 4.75. The van der Waals surface area contributed by atoms with Crippen LogP contribution in [0.2, 0.25) is 0 Å². The fraction of sp³-hybridized carbons (Fsp3) is 0.435. The Bertz CT molecular complexity index is 981. The Morgan fingerprint density at radius 1 is 1.10 bits per heavy atom. The van der Waals surface area contributed by atoms with E-state index in [2.05, 4.69) is 23.4 Å². The van der Waals surface area contributed by atoms with Crippen LogP contribution in [-0.4, -0.2) is 36.5 Å². The monoisotopic (exact) mass is 426 g/mol. The van der Waals surface area contributed by atoms with Crippen LogP contribution in [0.15, 0.2) is 48.0 Å². The third kappa shape index (κ3) is 4.57. The number of nitrogens with zero attached hydrogens (tertiary/aromatic N) is 4. The number of aliphatic hydroxyl groups excluding tert-OH is 1. The van der Waals surface area contributed by atoms with Gasteiger partial charge < -0.3 is 9.67 Å². The molecule has 0 unspecified atom stereocenters. The maximum atomic E-state index is 13.5. The van der Waals surface area contributed by atoms with E-state index >= 15 is 0 Å². The van der Waals surface area contributed by atoms with Gasteiger partial charge in [0.1, 0.15) is 5.82 Å². The predicted octanol–water partition coefficient (Wildman–Crippen LogP) is 5.37. The number of hydrogen-bond donors (Lipinski definition) is 1. The van der Waals surface area contributed by atoms with Gasteiger partial charge in [-0.05, 0) is 61.9 Å². The number of aliphatic hydroxyl groups is 1. The lowest BCUT2D eigenvalue weighted by molar-refractivity contribution is 0.169. The molecule has 7 heteroatoms. The van der Waals surface area contributed by atoms with Gasteiger partial charge in [0.15, 0.2) is 5.16 Å². The molecule has 5 nitrogen and oxygen atoms in total. The Hall–Kier alpha value is -2.25. The van der Waals surface area contributed by atoms with Gasteiger partial charge in [-0.3, -0.25) is 0 Å². The highest BCUT2D eigenvalue weighted by atomic mass is 32.2. The zero-order valence-corrected chi connectivity index (χ0v) is 18.1. The fourth-order valence-electron chi connectivity index (χ4n) is 4.06. The van der Waals surface area contributed by atoms with Crippen LogP contribution < -0.4 is 0 Å². The molecule has 3 aromatic rings. The summed E-state index contributed by atoms with van der Waals surface area (Å²) in [5.74, 6) is 0.123. The first-order valence-electron chi connectivity index (χ1n) is 10.5. The van der Waals surface area contributed by atoms with Crippen molar-refractivity contribution in [2.24, 2.45) is 5.92 Å². The molecule has 4 rings (SSSR count). The summed E-state index contributed by atoms with van der Waals surface area (Å²) in [6.07, 6.45) is 7.68. The number of benzene rings is 1. The first-order chi connectivity index (χ1) is 14.5. The first kappa shape index (κ1) is 21.0. The van der Waals surface area contributed by atoms with Crippen LogP contribution in [0.3, 0.4) is 0 Å². The maximum Gasteiger partial charge on any atom is 0.188 e. The second kappa shape index (κ2) is 9.27. The zero-order valence-electron chi connectivity index (χ0n) is 17.3. The molecule has 30 heavy (non-hydrogen) atoms. The van der Waals surface area contributed by atoms with Crippen molar-refractivity contribution in [2.45, 2.75) is 56.0 Å². The highest BCUT2D eigenvalue weighted by Crippen LogP contribution is 2.38. The van der Waals surface area contributed by atoms with E-state index < -0.39 is 0 Å². The minimum atomic E-state index is -0.264. The molecule has 0 aliphatic heterocycles. The number of thioether (sulfide) groups is 1. The van der Waals surface area contributed by atoms with E-state index in [-0.39, 0.29) is 12.4 Å². The summed E-state index contributed by atoms with van der Waals surface area (Å²) in [6.45, 7) is 4.50. The lowest BCUT2D eigenvalue weighted by atomic mass is 9.86. The van der Waals surface area contributed by atoms with Crippen molar-refractivity contribution < 1.29 is 9.50 Å². The average Bonchev–Trinajstić information content (AvgIpc) is 3.19. The molecule has 1 N–H and O–H groups in total. The summed E-state index contributed by atoms with van der Waals surface area (Å²) >= 11 is 1.63. The zero-order chi connectivity index (χ0) is 21.1. The van der Waals surface area contributed by atoms with Crippen molar-refractivity contribution in [1.82, 2.24) is 19.5 Å². The number of hydrogen-bond acceptors (Lipinski definition) is 5. The van der Waals surface area contributed by atoms with Crippen LogP contribution in [0.4, 0.5) is 4.39 Å². The summed E-state index contributed by atoms with van der Waals surface area (Å²) < 4.78 is 15.7. The van der Waals surface area contributed by atoms with Crippen LogP contribution in [0.5, 0.6) is 0 Å². The number of halogens is 1. The molecule has 2 aromatic heterocycles. The van der Waals surface area contributed by atoms with E-state index in [0.29, 0.717) is 17.2 Å². The molecule has 158 valence electrons. The molecule has 0 radical (unpaired) electrons. The molecule has 0 bridgehead atoms. The normalized spacial score (nSPS) is 19.4. The molecule has 1 aliphatic carbocycles. The topological polar surface area (TPSA) is 63.8 Å². The number of aromatic nitrogens is 4. The van der Waals surface area contributed by atoms with Crippen LogP contribution in [0.1, 0.15) is 45.6 Å². The van der Waals surface area contributed by atoms with Gasteiger partial charge in [0, 0.05) is 29.7 Å². The standard InChI is InChI=1S/C23H27FN4OS/c1-15(2)30-23-25-12-11-20(27-23)22-21(17-5-7-18(24)8-6-17)26-14-28(22)19-9-3-16(13-29)4-10-19/h5-8,11-12,14-16,19,29H,3-4,9-10,13H2,1-2H3. The van der Waals surface area contributed by atoms with Crippen molar-refractivity contribution in [3.05, 3.63) is 48.7 Å². The molecule has 0 saturated heterocycles. The van der Waals surface area contributed by atoms with E-state index in [1.165, 1.54) is 12.1 Å². The summed E-state index contributed by atoms with van der Waals surface area (Å²) in [6, 6.07) is 8.68. The van der Waals surface area contributed by atoms with Gasteiger partial charge in [0.05, 0.1) is 23.4 Å². The summed E-state index contributed by atoms with van der Waals surface area (Å²) in [7, 11) is 0. The van der Waals surface area contributed by atoms with E-state index in [9.17, 15) is 9.50 Å². The minimum absolute atomic E-state index is 0.256. The van der Waals surface area contributed by atoms with Gasteiger partial charge in [-0.1, -0.05) is 25.6 Å². The Kier molecular flexibility index (Phi) is 6.49. The molecule has 1 saturated carbocycles. The Labute approximate surface area is 180 Å². The predicted molar refractivity (Wildman–Crippen MR) is 118 cm³/mol. The van der Waals surface area contributed by atoms with Crippen molar-refractivity contribution in [3.63, 3.8) is 0 Å².